The smallest absolute Gasteiger partial charge is 0.281 e. The Morgan fingerprint density at radius 1 is 1.03 bits per heavy atom. The van der Waals surface area contributed by atoms with E-state index in [0.717, 1.165) is 21.6 Å². The van der Waals surface area contributed by atoms with Crippen LogP contribution in [-0.4, -0.2) is 18.7 Å². The van der Waals surface area contributed by atoms with Gasteiger partial charge < -0.3 is 0 Å². The molecule has 29 heavy (non-hydrogen) atoms. The first kappa shape index (κ1) is 19.6. The van der Waals surface area contributed by atoms with E-state index in [-0.39, 0.29) is 5.13 Å². The first-order chi connectivity index (χ1) is 13.8. The van der Waals surface area contributed by atoms with E-state index in [9.17, 15) is 13.2 Å². The van der Waals surface area contributed by atoms with E-state index in [1.165, 1.54) is 12.1 Å². The molecule has 0 radical (unpaired) electrons. The summed E-state index contributed by atoms with van der Waals surface area (Å²) in [6.07, 6.45) is 0. The lowest BCUT2D eigenvalue weighted by atomic mass is 10.2. The molecule has 0 bridgehead atoms. The number of aromatic nitrogens is 3. The van der Waals surface area contributed by atoms with Crippen LogP contribution in [0.5, 0.6) is 0 Å². The summed E-state index contributed by atoms with van der Waals surface area (Å²) in [4.78, 5) is 16.3. The molecule has 0 aliphatic rings. The van der Waals surface area contributed by atoms with Crippen molar-refractivity contribution in [3.63, 3.8) is 0 Å². The predicted octanol–water partition coefficient (Wildman–Crippen LogP) is 3.48. The third-order valence-corrected chi connectivity index (χ3v) is 6.52. The molecule has 4 aromatic rings. The first-order valence-electron chi connectivity index (χ1n) is 7.97. The molecule has 0 unspecified atom stereocenters. The van der Waals surface area contributed by atoms with E-state index in [0.29, 0.717) is 21.4 Å². The number of nitrogens with one attached hydrogen (secondary N) is 2. The topological polar surface area (TPSA) is 109 Å². The summed E-state index contributed by atoms with van der Waals surface area (Å²) in [6.45, 7) is 0. The van der Waals surface area contributed by atoms with Crippen LogP contribution in [0.4, 0.5) is 5.13 Å². The maximum absolute atomic E-state index is 12.8. The van der Waals surface area contributed by atoms with Crippen molar-refractivity contribution >= 4 is 49.7 Å². The third-order valence-electron chi connectivity index (χ3n) is 3.81. The molecule has 0 spiro atoms. The lowest BCUT2D eigenvalue weighted by Gasteiger charge is -2.00. The highest BCUT2D eigenvalue weighted by molar-refractivity contribution is 7.92. The lowest BCUT2D eigenvalue weighted by molar-refractivity contribution is -0.705. The van der Waals surface area contributed by atoms with Crippen LogP contribution < -0.4 is 15.0 Å². The summed E-state index contributed by atoms with van der Waals surface area (Å²) < 4.78 is 33.7. The molecule has 12 heteroatoms. The van der Waals surface area contributed by atoms with Crippen LogP contribution in [0, 0.1) is 0 Å². The summed E-state index contributed by atoms with van der Waals surface area (Å²) in [5.74, 6) is 0. The molecule has 0 fully saturated rings. The second kappa shape index (κ2) is 7.64. The second-order valence-electron chi connectivity index (χ2n) is 5.75. The van der Waals surface area contributed by atoms with Gasteiger partial charge in [-0.1, -0.05) is 35.3 Å². The number of benzene rings is 2. The molecule has 0 atom stereocenters. The zero-order valence-corrected chi connectivity index (χ0v) is 17.4. The van der Waals surface area contributed by atoms with Crippen molar-refractivity contribution in [2.75, 3.05) is 4.72 Å². The fourth-order valence-electron chi connectivity index (χ4n) is 2.49. The summed E-state index contributed by atoms with van der Waals surface area (Å²) in [5.41, 5.74) is 0.632. The molecule has 8 nitrogen and oxygen atoms in total. The van der Waals surface area contributed by atoms with Crippen LogP contribution in [0.3, 0.4) is 0 Å². The van der Waals surface area contributed by atoms with E-state index in [4.69, 9.17) is 27.7 Å². The SMILES string of the molecule is O=c1o[nH][n+](-c2ccc(Cl)cc2)c1S(=O)(=O)Nc1nc(-c2ccc(Cl)cc2)cs1. The molecule has 0 amide bonds. The summed E-state index contributed by atoms with van der Waals surface area (Å²) in [6, 6.07) is 13.1. The molecule has 2 aromatic carbocycles. The van der Waals surface area contributed by atoms with E-state index >= 15 is 0 Å². The minimum atomic E-state index is -4.30. The number of anilines is 1. The average molecular weight is 470 g/mol. The van der Waals surface area contributed by atoms with Gasteiger partial charge in [0, 0.05) is 33.1 Å². The number of hydrogen-bond donors (Lipinski definition) is 2. The highest BCUT2D eigenvalue weighted by Crippen LogP contribution is 2.27. The second-order valence-corrected chi connectivity index (χ2v) is 9.08. The molecule has 0 saturated heterocycles. The molecule has 0 aliphatic heterocycles. The fraction of sp³-hybridized carbons (Fsp3) is 0. The van der Waals surface area contributed by atoms with Crippen molar-refractivity contribution in [1.29, 1.82) is 0 Å². The van der Waals surface area contributed by atoms with Gasteiger partial charge in [0.1, 0.15) is 0 Å². The Bertz CT molecular complexity index is 1330. The van der Waals surface area contributed by atoms with E-state index < -0.39 is 20.7 Å². The molecule has 2 N–H and O–H groups in total. The van der Waals surface area contributed by atoms with Crippen LogP contribution in [0.25, 0.3) is 16.9 Å². The van der Waals surface area contributed by atoms with Crippen molar-refractivity contribution in [3.05, 3.63) is 74.4 Å². The maximum atomic E-state index is 12.8. The fourth-order valence-corrected chi connectivity index (χ4v) is 4.84. The molecule has 2 heterocycles. The Kier molecular flexibility index (Phi) is 5.17. The molecular formula is C17H11Cl2N4O4S2+. The van der Waals surface area contributed by atoms with Gasteiger partial charge in [0.25, 0.3) is 0 Å². The Balaban J connectivity index is 1.67. The number of aromatic amines is 1. The molecule has 148 valence electrons. The molecule has 0 saturated carbocycles. The van der Waals surface area contributed by atoms with E-state index in [2.05, 4.69) is 15.0 Å². The number of sulfonamides is 1. The maximum Gasteiger partial charge on any atom is 0.449 e. The van der Waals surface area contributed by atoms with E-state index in [1.54, 1.807) is 41.8 Å². The predicted molar refractivity (Wildman–Crippen MR) is 109 cm³/mol. The standard InChI is InChI=1S/C17H10Cl2N4O4S2/c18-11-3-1-10(2-4-11)14-9-28-17(20-14)21-29(25,26)15-16(24)27-22-23(15)13-7-5-12(19)6-8-13/h1-9H,(H-,20,21,22,24)/p+1. The zero-order chi connectivity index (χ0) is 20.6. The Morgan fingerprint density at radius 3 is 2.31 bits per heavy atom. The van der Waals surface area contributed by atoms with Gasteiger partial charge in [-0.25, -0.2) is 14.5 Å². The van der Waals surface area contributed by atoms with Crippen molar-refractivity contribution in [2.45, 2.75) is 5.03 Å². The number of nitrogens with zero attached hydrogens (tertiary/aromatic N) is 2. The monoisotopic (exact) mass is 469 g/mol. The first-order valence-corrected chi connectivity index (χ1v) is 11.1. The van der Waals surface area contributed by atoms with Crippen LogP contribution >= 0.6 is 34.5 Å². The normalized spacial score (nSPS) is 11.5. The Morgan fingerprint density at radius 2 is 1.66 bits per heavy atom. The lowest BCUT2D eigenvalue weighted by Crippen LogP contribution is -2.42. The van der Waals surface area contributed by atoms with Crippen molar-refractivity contribution in [3.8, 4) is 16.9 Å². The summed E-state index contributed by atoms with van der Waals surface area (Å²) >= 11 is 12.8. The summed E-state index contributed by atoms with van der Waals surface area (Å²) in [7, 11) is -4.30. The van der Waals surface area contributed by atoms with Gasteiger partial charge in [-0.05, 0) is 34.2 Å². The van der Waals surface area contributed by atoms with Crippen molar-refractivity contribution < 1.29 is 17.6 Å². The largest absolute Gasteiger partial charge is 0.449 e. The van der Waals surface area contributed by atoms with Gasteiger partial charge in [-0.3, -0.25) is 4.52 Å². The van der Waals surface area contributed by atoms with Gasteiger partial charge in [0.05, 0.1) is 5.69 Å². The average Bonchev–Trinajstić information content (AvgIpc) is 3.29. The van der Waals surface area contributed by atoms with Gasteiger partial charge >= 0.3 is 20.7 Å². The number of rotatable bonds is 5. The van der Waals surface area contributed by atoms with Crippen LogP contribution in [0.15, 0.2) is 68.3 Å². The van der Waals surface area contributed by atoms with E-state index in [1.807, 2.05) is 0 Å². The molecule has 2 aromatic heterocycles. The molecule has 4 rings (SSSR count). The quantitative estimate of drug-likeness (QED) is 0.434. The van der Waals surface area contributed by atoms with Gasteiger partial charge in [-0.2, -0.15) is 8.42 Å². The van der Waals surface area contributed by atoms with Crippen LogP contribution in [-0.2, 0) is 10.0 Å². The Hall–Kier alpha value is -2.66. The highest BCUT2D eigenvalue weighted by atomic mass is 35.5. The third kappa shape index (κ3) is 4.06. The molecular weight excluding hydrogens is 459 g/mol. The van der Waals surface area contributed by atoms with Crippen molar-refractivity contribution in [1.82, 2.24) is 10.3 Å². The number of H-pyrrole nitrogens is 1. The Labute approximate surface area is 178 Å². The van der Waals surface area contributed by atoms with Gasteiger partial charge in [0.2, 0.25) is 5.69 Å². The zero-order valence-electron chi connectivity index (χ0n) is 14.3. The minimum absolute atomic E-state index is 0.0956. The number of hydrogen-bond acceptors (Lipinski definition) is 6. The number of thiazole rings is 1. The van der Waals surface area contributed by atoms with Gasteiger partial charge in [-0.15, -0.1) is 11.3 Å². The molecule has 0 aliphatic carbocycles. The number of halogens is 2. The van der Waals surface area contributed by atoms with Crippen LogP contribution in [0.1, 0.15) is 0 Å². The highest BCUT2D eigenvalue weighted by Gasteiger charge is 2.37. The van der Waals surface area contributed by atoms with Gasteiger partial charge in [0.15, 0.2) is 5.13 Å². The summed E-state index contributed by atoms with van der Waals surface area (Å²) in [5, 5.41) is 4.48. The van der Waals surface area contributed by atoms with Crippen LogP contribution in [0.2, 0.25) is 10.0 Å². The minimum Gasteiger partial charge on any atom is -0.281 e. The van der Waals surface area contributed by atoms with Crippen molar-refractivity contribution in [2.24, 2.45) is 0 Å².